The predicted octanol–water partition coefficient (Wildman–Crippen LogP) is 5.35. The first-order valence-corrected chi connectivity index (χ1v) is 17.4. The Hall–Kier alpha value is -3.71. The smallest absolute Gasteiger partial charge is 0.309 e. The van der Waals surface area contributed by atoms with Gasteiger partial charge in [0, 0.05) is 0 Å². The lowest BCUT2D eigenvalue weighted by molar-refractivity contribution is -0.169. The van der Waals surface area contributed by atoms with Gasteiger partial charge in [-0.2, -0.15) is 0 Å². The van der Waals surface area contributed by atoms with Crippen molar-refractivity contribution in [2.24, 2.45) is 47.3 Å². The monoisotopic (exact) mass is 700 g/mol. The van der Waals surface area contributed by atoms with Crippen LogP contribution in [-0.2, 0) is 43.0 Å². The summed E-state index contributed by atoms with van der Waals surface area (Å²) in [7, 11) is 0. The molecule has 1 aliphatic rings. The molecule has 0 saturated heterocycles. The van der Waals surface area contributed by atoms with Gasteiger partial charge in [0.25, 0.3) is 0 Å². The van der Waals surface area contributed by atoms with E-state index in [0.29, 0.717) is 19.3 Å². The van der Waals surface area contributed by atoms with E-state index in [9.17, 15) is 59.1 Å². The Balaban J connectivity index is 3.09. The zero-order valence-corrected chi connectivity index (χ0v) is 29.4. The van der Waals surface area contributed by atoms with Crippen molar-refractivity contribution >= 4 is 41.8 Å². The van der Waals surface area contributed by atoms with Crippen LogP contribution in [0.4, 0.5) is 0 Å². The molecule has 0 aromatic rings. The van der Waals surface area contributed by atoms with E-state index < -0.39 is 114 Å². The minimum Gasteiger partial charge on any atom is -0.481 e. The summed E-state index contributed by atoms with van der Waals surface area (Å²) in [4.78, 5) is 86.6. The third kappa shape index (κ3) is 14.7. The van der Waals surface area contributed by atoms with Crippen LogP contribution in [0.3, 0.4) is 0 Å². The summed E-state index contributed by atoms with van der Waals surface area (Å²) in [6.07, 6.45) is 2.35. The van der Waals surface area contributed by atoms with E-state index in [4.69, 9.17) is 9.47 Å². The Morgan fingerprint density at radius 3 is 1.24 bits per heavy atom. The van der Waals surface area contributed by atoms with Gasteiger partial charge in [-0.3, -0.25) is 33.6 Å². The zero-order valence-electron chi connectivity index (χ0n) is 29.4. The lowest BCUT2D eigenvalue weighted by atomic mass is 9.78. The van der Waals surface area contributed by atoms with Gasteiger partial charge in [-0.15, -0.1) is 0 Å². The van der Waals surface area contributed by atoms with Gasteiger partial charge in [0.2, 0.25) is 0 Å². The van der Waals surface area contributed by atoms with Crippen LogP contribution in [-0.4, -0.2) is 79.5 Å². The Morgan fingerprint density at radius 1 is 0.551 bits per heavy atom. The quantitative estimate of drug-likeness (QED) is 0.0798. The Morgan fingerprint density at radius 2 is 0.918 bits per heavy atom. The third-order valence-corrected chi connectivity index (χ3v) is 9.74. The first-order valence-electron chi connectivity index (χ1n) is 17.4. The standard InChI is InChI=1S/C35H56O14/c1-6-22(34(47)48-19-20(3)4)14-24(29(38)39)16-26(31(42)43)18-27(32(44)45)17-25(30(40)41)15-23(28(36)37)13-21(5)33(46)49-35(7-2)11-9-8-10-12-35/h20-27H,6-19H2,1-5H3,(H,36,37)(H,38,39)(H,40,41)(H,42,43)(H,44,45). The van der Waals surface area contributed by atoms with E-state index >= 15 is 0 Å². The second kappa shape index (κ2) is 20.7. The summed E-state index contributed by atoms with van der Waals surface area (Å²) in [5.41, 5.74) is -0.616. The van der Waals surface area contributed by atoms with Gasteiger partial charge < -0.3 is 35.0 Å². The first kappa shape index (κ1) is 43.3. The molecule has 280 valence electrons. The second-order valence-electron chi connectivity index (χ2n) is 14.1. The Labute approximate surface area is 287 Å². The molecule has 0 spiro atoms. The highest BCUT2D eigenvalue weighted by molar-refractivity contribution is 5.79. The number of aliphatic carboxylic acids is 5. The largest absolute Gasteiger partial charge is 0.481 e. The number of ether oxygens (including phenoxy) is 2. The molecule has 0 bridgehead atoms. The van der Waals surface area contributed by atoms with E-state index in [1.807, 2.05) is 20.8 Å². The highest BCUT2D eigenvalue weighted by Crippen LogP contribution is 2.36. The molecular weight excluding hydrogens is 644 g/mol. The molecule has 7 unspecified atom stereocenters. The topological polar surface area (TPSA) is 239 Å². The van der Waals surface area contributed by atoms with Crippen molar-refractivity contribution in [3.05, 3.63) is 0 Å². The molecule has 0 aliphatic heterocycles. The number of carbonyl (C=O) groups excluding carboxylic acids is 2. The average molecular weight is 701 g/mol. The summed E-state index contributed by atoms with van der Waals surface area (Å²) in [6, 6.07) is 0. The number of esters is 2. The molecule has 5 N–H and O–H groups in total. The van der Waals surface area contributed by atoms with Crippen molar-refractivity contribution in [1.29, 1.82) is 0 Å². The lowest BCUT2D eigenvalue weighted by Crippen LogP contribution is -2.39. The number of carbonyl (C=O) groups is 7. The highest BCUT2D eigenvalue weighted by Gasteiger charge is 2.39. The van der Waals surface area contributed by atoms with Crippen molar-refractivity contribution in [2.75, 3.05) is 6.61 Å². The van der Waals surface area contributed by atoms with E-state index in [1.54, 1.807) is 6.92 Å². The molecule has 1 aliphatic carbocycles. The summed E-state index contributed by atoms with van der Waals surface area (Å²) < 4.78 is 11.1. The number of carboxylic acid groups (broad SMARTS) is 5. The molecule has 14 heteroatoms. The van der Waals surface area contributed by atoms with Crippen molar-refractivity contribution in [1.82, 2.24) is 0 Å². The third-order valence-electron chi connectivity index (χ3n) is 9.74. The van der Waals surface area contributed by atoms with Gasteiger partial charge in [0.05, 0.1) is 48.0 Å². The highest BCUT2D eigenvalue weighted by atomic mass is 16.6. The molecule has 1 rings (SSSR count). The molecule has 0 amide bonds. The van der Waals surface area contributed by atoms with Gasteiger partial charge >= 0.3 is 41.8 Å². The van der Waals surface area contributed by atoms with Gasteiger partial charge in [-0.25, -0.2) is 0 Å². The van der Waals surface area contributed by atoms with Crippen molar-refractivity contribution in [2.45, 2.75) is 124 Å². The maximum Gasteiger partial charge on any atom is 0.309 e. The molecule has 0 radical (unpaired) electrons. The molecule has 1 saturated carbocycles. The first-order chi connectivity index (χ1) is 22.9. The summed E-state index contributed by atoms with van der Waals surface area (Å²) in [6.45, 7) is 8.87. The van der Waals surface area contributed by atoms with Crippen LogP contribution >= 0.6 is 0 Å². The van der Waals surface area contributed by atoms with Crippen molar-refractivity contribution < 1.29 is 68.6 Å². The van der Waals surface area contributed by atoms with Crippen LogP contribution < -0.4 is 0 Å². The summed E-state index contributed by atoms with van der Waals surface area (Å²) in [5, 5.41) is 49.6. The fourth-order valence-corrected chi connectivity index (χ4v) is 6.56. The van der Waals surface area contributed by atoms with E-state index in [1.165, 1.54) is 6.92 Å². The molecule has 14 nitrogen and oxygen atoms in total. The van der Waals surface area contributed by atoms with Gasteiger partial charge in [0.1, 0.15) is 5.60 Å². The average Bonchev–Trinajstić information content (AvgIpc) is 3.03. The SMILES string of the molecule is CCC(CC(CC(CC(CC(CC(CC(C)C(=O)OC1(CC)CCCCC1)C(=O)O)C(=O)O)C(=O)O)C(=O)O)C(=O)O)C(=O)OCC(C)C. The number of carboxylic acids is 5. The number of hydrogen-bond acceptors (Lipinski definition) is 9. The van der Waals surface area contributed by atoms with Gasteiger partial charge in [-0.05, 0) is 83.0 Å². The molecular formula is C35H56O14. The summed E-state index contributed by atoms with van der Waals surface area (Å²) in [5.74, 6) is -17.4. The van der Waals surface area contributed by atoms with Gasteiger partial charge in [0.15, 0.2) is 0 Å². The van der Waals surface area contributed by atoms with Crippen LogP contribution in [0.15, 0.2) is 0 Å². The molecule has 0 aromatic carbocycles. The fraction of sp³-hybridized carbons (Fsp3) is 0.800. The number of hydrogen-bond donors (Lipinski definition) is 5. The predicted molar refractivity (Wildman–Crippen MR) is 174 cm³/mol. The Kier molecular flexibility index (Phi) is 18.3. The van der Waals surface area contributed by atoms with Crippen LogP contribution in [0.2, 0.25) is 0 Å². The minimum absolute atomic E-state index is 0.0426. The minimum atomic E-state index is -1.57. The normalized spacial score (nSPS) is 18.6. The van der Waals surface area contributed by atoms with Crippen LogP contribution in [0.5, 0.6) is 0 Å². The van der Waals surface area contributed by atoms with Crippen molar-refractivity contribution in [3.63, 3.8) is 0 Å². The lowest BCUT2D eigenvalue weighted by Gasteiger charge is -2.37. The zero-order chi connectivity index (χ0) is 37.5. The van der Waals surface area contributed by atoms with Crippen LogP contribution in [0, 0.1) is 47.3 Å². The molecule has 0 heterocycles. The maximum atomic E-state index is 13.0. The van der Waals surface area contributed by atoms with E-state index in [2.05, 4.69) is 0 Å². The number of rotatable bonds is 24. The second-order valence-corrected chi connectivity index (χ2v) is 14.1. The van der Waals surface area contributed by atoms with Crippen LogP contribution in [0.1, 0.15) is 118 Å². The molecule has 1 fully saturated rings. The molecule has 7 atom stereocenters. The summed E-state index contributed by atoms with van der Waals surface area (Å²) >= 11 is 0. The van der Waals surface area contributed by atoms with Crippen molar-refractivity contribution in [3.8, 4) is 0 Å². The van der Waals surface area contributed by atoms with E-state index in [-0.39, 0.29) is 31.8 Å². The van der Waals surface area contributed by atoms with Gasteiger partial charge in [-0.1, -0.05) is 41.0 Å². The fourth-order valence-electron chi connectivity index (χ4n) is 6.56. The maximum absolute atomic E-state index is 13.0. The molecule has 49 heavy (non-hydrogen) atoms. The molecule has 0 aromatic heterocycles. The van der Waals surface area contributed by atoms with Crippen LogP contribution in [0.25, 0.3) is 0 Å². The van der Waals surface area contributed by atoms with E-state index in [0.717, 1.165) is 19.3 Å². The Bertz CT molecular complexity index is 1140.